The molecule has 0 spiro atoms. The topological polar surface area (TPSA) is 72.3 Å². The summed E-state index contributed by atoms with van der Waals surface area (Å²) in [4.78, 5) is 4.91. The molecule has 0 radical (unpaired) electrons. The van der Waals surface area contributed by atoms with Crippen molar-refractivity contribution in [1.82, 2.24) is 0 Å². The number of anilines is 1. The highest BCUT2D eigenvalue weighted by molar-refractivity contribution is 7.93. The summed E-state index contributed by atoms with van der Waals surface area (Å²) in [5.74, 6) is 1.48. The first-order valence-corrected chi connectivity index (χ1v) is 8.12. The van der Waals surface area contributed by atoms with Crippen molar-refractivity contribution in [3.05, 3.63) is 12.1 Å². The third-order valence-electron chi connectivity index (χ3n) is 2.78. The molecule has 0 fully saturated rings. The molecule has 1 unspecified atom stereocenters. The van der Waals surface area contributed by atoms with Crippen LogP contribution in [0.15, 0.2) is 26.4 Å². The molecular formula is C13H19N3O3S. The summed E-state index contributed by atoms with van der Waals surface area (Å²) < 4.78 is 27.4. The molecule has 110 valence electrons. The lowest BCUT2D eigenvalue weighted by molar-refractivity contribution is 0.354. The highest BCUT2D eigenvalue weighted by Gasteiger charge is 2.23. The van der Waals surface area contributed by atoms with Crippen molar-refractivity contribution in [2.45, 2.75) is 24.8 Å². The van der Waals surface area contributed by atoms with Crippen LogP contribution < -0.4 is 14.8 Å². The van der Waals surface area contributed by atoms with E-state index in [9.17, 15) is 4.21 Å². The summed E-state index contributed by atoms with van der Waals surface area (Å²) in [6, 6.07) is 3.51. The van der Waals surface area contributed by atoms with E-state index in [0.717, 1.165) is 0 Å². The molecule has 0 saturated carbocycles. The molecule has 20 heavy (non-hydrogen) atoms. The molecule has 0 bridgehead atoms. The molecule has 1 atom stereocenters. The molecule has 6 nitrogen and oxygen atoms in total. The standard InChI is InChI=1S/C13H19N3O3S/c1-8(2)14-13-15-9-6-10(18-3)11(19-4)7-12(9)20(5,17)16-13/h6-8H,1-5H3,(H,14,15,16,17). The zero-order valence-electron chi connectivity index (χ0n) is 12.3. The maximum absolute atomic E-state index is 12.7. The Hall–Kier alpha value is -1.76. The Bertz CT molecular complexity index is 674. The van der Waals surface area contributed by atoms with Crippen LogP contribution in [0.2, 0.25) is 0 Å². The van der Waals surface area contributed by atoms with Gasteiger partial charge in [-0.05, 0) is 13.8 Å². The predicted octanol–water partition coefficient (Wildman–Crippen LogP) is 2.35. The first-order valence-electron chi connectivity index (χ1n) is 6.20. The Morgan fingerprint density at radius 2 is 1.85 bits per heavy atom. The van der Waals surface area contributed by atoms with Crippen LogP contribution >= 0.6 is 0 Å². The van der Waals surface area contributed by atoms with E-state index in [0.29, 0.717) is 28.0 Å². The van der Waals surface area contributed by atoms with Gasteiger partial charge in [-0.2, -0.15) is 4.36 Å². The number of guanidine groups is 1. The largest absolute Gasteiger partial charge is 0.493 e. The molecule has 1 aromatic carbocycles. The van der Waals surface area contributed by atoms with Gasteiger partial charge in [-0.15, -0.1) is 0 Å². The molecular weight excluding hydrogens is 278 g/mol. The highest BCUT2D eigenvalue weighted by Crippen LogP contribution is 2.37. The SMILES string of the molecule is COc1cc2c(cc1OC)S(C)(=O)=NC(=NC(C)C)N2. The third-order valence-corrected chi connectivity index (χ3v) is 4.46. The molecule has 0 amide bonds. The molecule has 1 aliphatic heterocycles. The van der Waals surface area contributed by atoms with E-state index < -0.39 is 9.73 Å². The second kappa shape index (κ2) is 5.32. The molecule has 0 saturated heterocycles. The van der Waals surface area contributed by atoms with E-state index in [4.69, 9.17) is 9.47 Å². The van der Waals surface area contributed by atoms with Crippen LogP contribution in [0.4, 0.5) is 5.69 Å². The summed E-state index contributed by atoms with van der Waals surface area (Å²) >= 11 is 0. The van der Waals surface area contributed by atoms with Gasteiger partial charge in [0.05, 0.1) is 34.5 Å². The smallest absolute Gasteiger partial charge is 0.231 e. The molecule has 2 rings (SSSR count). The Morgan fingerprint density at radius 1 is 1.25 bits per heavy atom. The minimum atomic E-state index is -2.55. The maximum Gasteiger partial charge on any atom is 0.231 e. The monoisotopic (exact) mass is 297 g/mol. The summed E-state index contributed by atoms with van der Waals surface area (Å²) in [7, 11) is 0.554. The van der Waals surface area contributed by atoms with Gasteiger partial charge in [-0.1, -0.05) is 0 Å². The number of nitrogens with zero attached hydrogens (tertiary/aromatic N) is 2. The van der Waals surface area contributed by atoms with Gasteiger partial charge in [-0.25, -0.2) is 9.20 Å². The van der Waals surface area contributed by atoms with Gasteiger partial charge in [0, 0.05) is 24.4 Å². The third kappa shape index (κ3) is 2.72. The second-order valence-corrected chi connectivity index (χ2v) is 7.00. The average Bonchev–Trinajstić information content (AvgIpc) is 2.35. The van der Waals surface area contributed by atoms with E-state index in [1.807, 2.05) is 13.8 Å². The molecule has 0 aromatic heterocycles. The first-order chi connectivity index (χ1) is 9.37. The summed E-state index contributed by atoms with van der Waals surface area (Å²) in [5, 5.41) is 3.08. The minimum absolute atomic E-state index is 0.0677. The molecule has 1 aromatic rings. The number of ether oxygens (including phenoxy) is 2. The summed E-state index contributed by atoms with van der Waals surface area (Å²) in [5.41, 5.74) is 0.685. The molecule has 1 aliphatic rings. The summed E-state index contributed by atoms with van der Waals surface area (Å²) in [6.07, 6.45) is 1.59. The lowest BCUT2D eigenvalue weighted by Gasteiger charge is -2.21. The Kier molecular flexibility index (Phi) is 3.89. The average molecular weight is 297 g/mol. The lowest BCUT2D eigenvalue weighted by Crippen LogP contribution is -2.21. The zero-order valence-corrected chi connectivity index (χ0v) is 13.1. The fourth-order valence-corrected chi connectivity index (χ4v) is 3.29. The molecule has 0 aliphatic carbocycles. The zero-order chi connectivity index (χ0) is 14.9. The Balaban J connectivity index is 2.63. The van der Waals surface area contributed by atoms with Crippen LogP contribution in [0, 0.1) is 0 Å². The van der Waals surface area contributed by atoms with Crippen molar-refractivity contribution < 1.29 is 13.7 Å². The van der Waals surface area contributed by atoms with Crippen molar-refractivity contribution in [1.29, 1.82) is 0 Å². The molecule has 7 heteroatoms. The van der Waals surface area contributed by atoms with Crippen LogP contribution in [0.25, 0.3) is 0 Å². The number of hydrogen-bond acceptors (Lipinski definition) is 4. The predicted molar refractivity (Wildman–Crippen MR) is 80.5 cm³/mol. The van der Waals surface area contributed by atoms with Crippen LogP contribution in [-0.4, -0.2) is 36.7 Å². The second-order valence-electron chi connectivity index (χ2n) is 4.77. The van der Waals surface area contributed by atoms with Crippen LogP contribution in [0.5, 0.6) is 11.5 Å². The number of nitrogens with one attached hydrogen (secondary N) is 1. The number of hydrogen-bond donors (Lipinski definition) is 1. The van der Waals surface area contributed by atoms with Gasteiger partial charge < -0.3 is 14.8 Å². The van der Waals surface area contributed by atoms with E-state index in [1.54, 1.807) is 32.6 Å². The van der Waals surface area contributed by atoms with E-state index in [-0.39, 0.29) is 6.04 Å². The molecule has 1 N–H and O–H groups in total. The van der Waals surface area contributed by atoms with Crippen LogP contribution in [0.3, 0.4) is 0 Å². The summed E-state index contributed by atoms with van der Waals surface area (Å²) in [6.45, 7) is 3.87. The number of fused-ring (bicyclic) bond motifs is 1. The highest BCUT2D eigenvalue weighted by atomic mass is 32.2. The van der Waals surface area contributed by atoms with Crippen LogP contribution in [-0.2, 0) is 9.73 Å². The van der Waals surface area contributed by atoms with Crippen molar-refractivity contribution in [3.8, 4) is 11.5 Å². The van der Waals surface area contributed by atoms with Crippen molar-refractivity contribution in [2.75, 3.05) is 25.8 Å². The minimum Gasteiger partial charge on any atom is -0.493 e. The number of methoxy groups -OCH3 is 2. The van der Waals surface area contributed by atoms with Gasteiger partial charge in [0.2, 0.25) is 5.96 Å². The number of aliphatic imine (C=N–C) groups is 1. The van der Waals surface area contributed by atoms with Gasteiger partial charge >= 0.3 is 0 Å². The van der Waals surface area contributed by atoms with E-state index in [1.165, 1.54) is 0 Å². The maximum atomic E-state index is 12.7. The van der Waals surface area contributed by atoms with E-state index >= 15 is 0 Å². The van der Waals surface area contributed by atoms with Crippen molar-refractivity contribution in [3.63, 3.8) is 0 Å². The Morgan fingerprint density at radius 3 is 2.40 bits per heavy atom. The van der Waals surface area contributed by atoms with Gasteiger partial charge in [0.1, 0.15) is 0 Å². The van der Waals surface area contributed by atoms with Crippen LogP contribution in [0.1, 0.15) is 13.8 Å². The van der Waals surface area contributed by atoms with E-state index in [2.05, 4.69) is 14.7 Å². The molecule has 1 heterocycles. The van der Waals surface area contributed by atoms with Crippen molar-refractivity contribution in [2.24, 2.45) is 9.36 Å². The Labute approximate surface area is 119 Å². The number of rotatable bonds is 3. The fraction of sp³-hybridized carbons (Fsp3) is 0.462. The van der Waals surface area contributed by atoms with Gasteiger partial charge in [0.25, 0.3) is 0 Å². The first kappa shape index (κ1) is 14.6. The number of benzene rings is 1. The lowest BCUT2D eigenvalue weighted by atomic mass is 10.2. The van der Waals surface area contributed by atoms with Crippen molar-refractivity contribution >= 4 is 21.4 Å². The fourth-order valence-electron chi connectivity index (χ4n) is 1.93. The van der Waals surface area contributed by atoms with Gasteiger partial charge in [0.15, 0.2) is 11.5 Å². The quantitative estimate of drug-likeness (QED) is 0.929. The van der Waals surface area contributed by atoms with Gasteiger partial charge in [-0.3, -0.25) is 0 Å². The normalized spacial score (nSPS) is 23.0.